The van der Waals surface area contributed by atoms with Crippen LogP contribution in [-0.4, -0.2) is 41.4 Å². The fourth-order valence-corrected chi connectivity index (χ4v) is 3.21. The van der Waals surface area contributed by atoms with Crippen molar-refractivity contribution in [2.75, 3.05) is 18.6 Å². The average Bonchev–Trinajstić information content (AvgIpc) is 3.02. The molecule has 6 nitrogen and oxygen atoms in total. The normalized spacial score (nSPS) is 11.7. The summed E-state index contributed by atoms with van der Waals surface area (Å²) in [6, 6.07) is 9.33. The van der Waals surface area contributed by atoms with Gasteiger partial charge >= 0.3 is 0 Å². The van der Waals surface area contributed by atoms with Crippen LogP contribution in [0.25, 0.3) is 10.9 Å². The molecule has 0 fully saturated rings. The molecule has 132 valence electrons. The molecule has 3 N–H and O–H groups in total. The van der Waals surface area contributed by atoms with Crippen molar-refractivity contribution < 1.29 is 9.59 Å². The Morgan fingerprint density at radius 1 is 1.36 bits per heavy atom. The fraction of sp³-hybridized carbons (Fsp3) is 0.389. The molecule has 1 unspecified atom stereocenters. The van der Waals surface area contributed by atoms with Crippen molar-refractivity contribution in [3.8, 4) is 6.07 Å². The van der Waals surface area contributed by atoms with E-state index in [2.05, 4.69) is 21.7 Å². The summed E-state index contributed by atoms with van der Waals surface area (Å²) in [4.78, 5) is 27.3. The first-order valence-corrected chi connectivity index (χ1v) is 9.53. The van der Waals surface area contributed by atoms with Crippen LogP contribution in [0.3, 0.4) is 0 Å². The number of hydrogen-bond acceptors (Lipinski definition) is 4. The Morgan fingerprint density at radius 2 is 2.16 bits per heavy atom. The smallest absolute Gasteiger partial charge is 0.244 e. The zero-order valence-electron chi connectivity index (χ0n) is 14.2. The standard InChI is InChI=1S/C18H22N4O2S/c1-25-12-16(18(24)20-10-9-19)22-17(23)8-4-5-13-11-21-15-7-3-2-6-14(13)15/h2-3,6-7,11,16,21H,4-5,8,10,12H2,1H3,(H,20,24)(H,22,23). The number of carbonyl (C=O) groups excluding carboxylic acids is 2. The van der Waals surface area contributed by atoms with E-state index in [9.17, 15) is 9.59 Å². The van der Waals surface area contributed by atoms with Crippen LogP contribution in [0.1, 0.15) is 18.4 Å². The van der Waals surface area contributed by atoms with Crippen molar-refractivity contribution in [1.29, 1.82) is 5.26 Å². The topological polar surface area (TPSA) is 97.8 Å². The van der Waals surface area contributed by atoms with E-state index >= 15 is 0 Å². The van der Waals surface area contributed by atoms with Gasteiger partial charge in [0.05, 0.1) is 6.07 Å². The van der Waals surface area contributed by atoms with E-state index in [4.69, 9.17) is 5.26 Å². The lowest BCUT2D eigenvalue weighted by atomic mass is 10.1. The molecule has 2 amide bonds. The molecule has 0 aliphatic heterocycles. The number of thioether (sulfide) groups is 1. The maximum atomic E-state index is 12.1. The summed E-state index contributed by atoms with van der Waals surface area (Å²) >= 11 is 1.47. The second-order valence-electron chi connectivity index (χ2n) is 5.66. The monoisotopic (exact) mass is 358 g/mol. The van der Waals surface area contributed by atoms with Crippen molar-refractivity contribution in [1.82, 2.24) is 15.6 Å². The summed E-state index contributed by atoms with van der Waals surface area (Å²) in [5, 5.41) is 15.0. The molecule has 2 rings (SSSR count). The number of benzene rings is 1. The number of nitriles is 1. The Hall–Kier alpha value is -2.46. The molecule has 0 radical (unpaired) electrons. The number of hydrogen-bond donors (Lipinski definition) is 3. The van der Waals surface area contributed by atoms with Crippen LogP contribution in [0.15, 0.2) is 30.5 Å². The maximum Gasteiger partial charge on any atom is 0.244 e. The number of rotatable bonds is 9. The van der Waals surface area contributed by atoms with Gasteiger partial charge in [0, 0.05) is 29.3 Å². The van der Waals surface area contributed by atoms with Crippen molar-refractivity contribution in [2.45, 2.75) is 25.3 Å². The minimum atomic E-state index is -0.607. The predicted molar refractivity (Wildman–Crippen MR) is 100 cm³/mol. The van der Waals surface area contributed by atoms with Crippen LogP contribution in [0.5, 0.6) is 0 Å². The second kappa shape index (κ2) is 9.74. The highest BCUT2D eigenvalue weighted by Gasteiger charge is 2.19. The summed E-state index contributed by atoms with van der Waals surface area (Å²) in [5.41, 5.74) is 2.28. The van der Waals surface area contributed by atoms with Gasteiger partial charge in [-0.3, -0.25) is 9.59 Å². The zero-order valence-corrected chi connectivity index (χ0v) is 15.0. The Bertz CT molecular complexity index is 766. The first-order valence-electron chi connectivity index (χ1n) is 8.13. The minimum absolute atomic E-state index is 0.0554. The summed E-state index contributed by atoms with van der Waals surface area (Å²) in [6.07, 6.45) is 5.71. The van der Waals surface area contributed by atoms with Gasteiger partial charge in [-0.25, -0.2) is 0 Å². The molecular weight excluding hydrogens is 336 g/mol. The molecule has 0 aliphatic carbocycles. The third-order valence-corrected chi connectivity index (χ3v) is 4.52. The third kappa shape index (κ3) is 5.54. The molecule has 0 saturated heterocycles. The molecular formula is C18H22N4O2S. The van der Waals surface area contributed by atoms with E-state index in [-0.39, 0.29) is 18.4 Å². The number of aryl methyl sites for hydroxylation is 1. The van der Waals surface area contributed by atoms with E-state index in [1.54, 1.807) is 0 Å². The van der Waals surface area contributed by atoms with E-state index in [1.165, 1.54) is 22.7 Å². The Balaban J connectivity index is 1.82. The van der Waals surface area contributed by atoms with Gasteiger partial charge in [0.1, 0.15) is 12.6 Å². The lowest BCUT2D eigenvalue weighted by Gasteiger charge is -2.16. The SMILES string of the molecule is CSCC(NC(=O)CCCc1c[nH]c2ccccc12)C(=O)NCC#N. The number of amides is 2. The molecule has 2 aromatic rings. The molecule has 1 aromatic heterocycles. The van der Waals surface area contributed by atoms with E-state index < -0.39 is 6.04 Å². The van der Waals surface area contributed by atoms with Crippen molar-refractivity contribution >= 4 is 34.5 Å². The number of nitrogens with zero attached hydrogens (tertiary/aromatic N) is 1. The first-order chi connectivity index (χ1) is 12.2. The molecule has 1 aromatic carbocycles. The summed E-state index contributed by atoms with van der Waals surface area (Å²) in [5.74, 6) is 0.0118. The maximum absolute atomic E-state index is 12.1. The highest BCUT2D eigenvalue weighted by Crippen LogP contribution is 2.19. The highest BCUT2D eigenvalue weighted by atomic mass is 32.2. The van der Waals surface area contributed by atoms with Crippen LogP contribution in [-0.2, 0) is 16.0 Å². The van der Waals surface area contributed by atoms with Crippen LogP contribution < -0.4 is 10.6 Å². The Morgan fingerprint density at radius 3 is 2.92 bits per heavy atom. The van der Waals surface area contributed by atoms with Gasteiger partial charge in [-0.2, -0.15) is 17.0 Å². The van der Waals surface area contributed by atoms with Crippen LogP contribution >= 0.6 is 11.8 Å². The van der Waals surface area contributed by atoms with Crippen LogP contribution in [0, 0.1) is 11.3 Å². The fourth-order valence-electron chi connectivity index (χ4n) is 2.64. The average molecular weight is 358 g/mol. The minimum Gasteiger partial charge on any atom is -0.361 e. The number of H-pyrrole nitrogens is 1. The highest BCUT2D eigenvalue weighted by molar-refractivity contribution is 7.98. The predicted octanol–water partition coefficient (Wildman–Crippen LogP) is 1.98. The van der Waals surface area contributed by atoms with Gasteiger partial charge in [0.2, 0.25) is 11.8 Å². The lowest BCUT2D eigenvalue weighted by Crippen LogP contribution is -2.48. The molecule has 0 aliphatic rings. The van der Waals surface area contributed by atoms with Gasteiger partial charge in [0.25, 0.3) is 0 Å². The molecule has 1 atom stereocenters. The number of fused-ring (bicyclic) bond motifs is 1. The number of carbonyl (C=O) groups is 2. The second-order valence-corrected chi connectivity index (χ2v) is 6.58. The molecule has 0 saturated carbocycles. The lowest BCUT2D eigenvalue weighted by molar-refractivity contribution is -0.128. The largest absolute Gasteiger partial charge is 0.361 e. The molecule has 25 heavy (non-hydrogen) atoms. The van der Waals surface area contributed by atoms with Gasteiger partial charge < -0.3 is 15.6 Å². The van der Waals surface area contributed by atoms with Gasteiger partial charge in [-0.1, -0.05) is 18.2 Å². The molecule has 0 bridgehead atoms. The summed E-state index contributed by atoms with van der Waals surface area (Å²) in [6.45, 7) is -0.0554. The Labute approximate surface area is 151 Å². The van der Waals surface area contributed by atoms with Crippen molar-refractivity contribution in [3.05, 3.63) is 36.0 Å². The zero-order chi connectivity index (χ0) is 18.1. The number of para-hydroxylation sites is 1. The van der Waals surface area contributed by atoms with Gasteiger partial charge in [-0.15, -0.1) is 0 Å². The third-order valence-electron chi connectivity index (χ3n) is 3.85. The van der Waals surface area contributed by atoms with E-state index in [0.717, 1.165) is 11.9 Å². The van der Waals surface area contributed by atoms with Crippen molar-refractivity contribution in [2.24, 2.45) is 0 Å². The van der Waals surface area contributed by atoms with Crippen LogP contribution in [0.4, 0.5) is 0 Å². The van der Waals surface area contributed by atoms with Gasteiger partial charge in [-0.05, 0) is 30.7 Å². The van der Waals surface area contributed by atoms with E-state index in [1.807, 2.05) is 36.7 Å². The summed E-state index contributed by atoms with van der Waals surface area (Å²) in [7, 11) is 0. The molecule has 7 heteroatoms. The first kappa shape index (κ1) is 18.9. The Kier molecular flexibility index (Phi) is 7.36. The number of aromatic nitrogens is 1. The quantitative estimate of drug-likeness (QED) is 0.597. The number of aromatic amines is 1. The van der Waals surface area contributed by atoms with Crippen LogP contribution in [0.2, 0.25) is 0 Å². The number of nitrogens with one attached hydrogen (secondary N) is 3. The van der Waals surface area contributed by atoms with Gasteiger partial charge in [0.15, 0.2) is 0 Å². The van der Waals surface area contributed by atoms with Crippen molar-refractivity contribution in [3.63, 3.8) is 0 Å². The van der Waals surface area contributed by atoms with E-state index in [0.29, 0.717) is 18.6 Å². The summed E-state index contributed by atoms with van der Waals surface area (Å²) < 4.78 is 0. The molecule has 1 heterocycles. The molecule has 0 spiro atoms.